The second kappa shape index (κ2) is 7.20. The highest BCUT2D eigenvalue weighted by Gasteiger charge is 2.24. The van der Waals surface area contributed by atoms with Crippen LogP contribution in [0.4, 0.5) is 10.5 Å². The number of nitrogens with zero attached hydrogens (tertiary/aromatic N) is 1. The lowest BCUT2D eigenvalue weighted by Crippen LogP contribution is -2.42. The van der Waals surface area contributed by atoms with Crippen molar-refractivity contribution in [2.75, 3.05) is 5.32 Å². The summed E-state index contributed by atoms with van der Waals surface area (Å²) in [5.41, 5.74) is 1.74. The number of benzene rings is 1. The zero-order valence-electron chi connectivity index (χ0n) is 15.4. The van der Waals surface area contributed by atoms with E-state index in [1.165, 1.54) is 4.70 Å². The molecule has 0 unspecified atom stereocenters. The number of amides is 1. The Bertz CT molecular complexity index is 743. The van der Waals surface area contributed by atoms with Crippen LogP contribution in [0.5, 0.6) is 0 Å². The van der Waals surface area contributed by atoms with Crippen LogP contribution in [0.25, 0.3) is 10.2 Å². The van der Waals surface area contributed by atoms with Gasteiger partial charge in [0.15, 0.2) is 0 Å². The average molecular weight is 362 g/mol. The quantitative estimate of drug-likeness (QED) is 0.820. The van der Waals surface area contributed by atoms with Crippen molar-refractivity contribution in [3.05, 3.63) is 23.2 Å². The number of aryl methyl sites for hydroxylation is 1. The summed E-state index contributed by atoms with van der Waals surface area (Å²) in [4.78, 5) is 16.4. The molecule has 2 N–H and O–H groups in total. The second-order valence-corrected chi connectivity index (χ2v) is 8.99. The van der Waals surface area contributed by atoms with E-state index in [4.69, 9.17) is 4.74 Å². The summed E-state index contributed by atoms with van der Waals surface area (Å²) in [5.74, 6) is 0. The Morgan fingerprint density at radius 3 is 2.56 bits per heavy atom. The number of alkyl carbamates (subject to hydrolysis) is 1. The number of fused-ring (bicyclic) bond motifs is 1. The number of anilines is 1. The van der Waals surface area contributed by atoms with E-state index in [2.05, 4.69) is 33.8 Å². The summed E-state index contributed by atoms with van der Waals surface area (Å²) in [7, 11) is 0. The summed E-state index contributed by atoms with van der Waals surface area (Å²) in [6.45, 7) is 7.69. The number of aromatic nitrogens is 1. The molecule has 0 saturated heterocycles. The van der Waals surface area contributed by atoms with Crippen molar-refractivity contribution in [2.24, 2.45) is 0 Å². The number of hydrogen-bond donors (Lipinski definition) is 2. The fraction of sp³-hybridized carbons (Fsp3) is 0.579. The van der Waals surface area contributed by atoms with Crippen molar-refractivity contribution in [2.45, 2.75) is 71.1 Å². The molecule has 6 heteroatoms. The Morgan fingerprint density at radius 1 is 1.20 bits per heavy atom. The highest BCUT2D eigenvalue weighted by molar-refractivity contribution is 7.18. The van der Waals surface area contributed by atoms with E-state index >= 15 is 0 Å². The maximum absolute atomic E-state index is 11.9. The SMILES string of the molecule is Cc1nc2cc(NC3CCC(NC(=O)OC(C)(C)C)CC3)ccc2s1. The normalized spacial score (nSPS) is 21.1. The first-order valence-corrected chi connectivity index (χ1v) is 9.73. The van der Waals surface area contributed by atoms with Crippen LogP contribution in [0.1, 0.15) is 51.5 Å². The average Bonchev–Trinajstić information content (AvgIpc) is 2.86. The first-order chi connectivity index (χ1) is 11.8. The van der Waals surface area contributed by atoms with Gasteiger partial charge in [0.25, 0.3) is 0 Å². The third-order valence-electron chi connectivity index (χ3n) is 4.31. The van der Waals surface area contributed by atoms with Crippen LogP contribution < -0.4 is 10.6 Å². The van der Waals surface area contributed by atoms with E-state index in [0.717, 1.165) is 41.9 Å². The number of nitrogens with one attached hydrogen (secondary N) is 2. The first-order valence-electron chi connectivity index (χ1n) is 8.92. The number of ether oxygens (including phenoxy) is 1. The molecule has 1 aromatic heterocycles. The van der Waals surface area contributed by atoms with Crippen LogP contribution in [0, 0.1) is 6.92 Å². The van der Waals surface area contributed by atoms with E-state index in [1.54, 1.807) is 11.3 Å². The summed E-state index contributed by atoms with van der Waals surface area (Å²) >= 11 is 1.73. The van der Waals surface area contributed by atoms with Crippen molar-refractivity contribution in [1.82, 2.24) is 10.3 Å². The molecule has 136 valence electrons. The standard InChI is InChI=1S/C19H27N3O2S/c1-12-20-16-11-15(9-10-17(16)25-12)21-13-5-7-14(8-6-13)22-18(23)24-19(2,3)4/h9-11,13-14,21H,5-8H2,1-4H3,(H,22,23). The lowest BCUT2D eigenvalue weighted by molar-refractivity contribution is 0.0492. The third-order valence-corrected chi connectivity index (χ3v) is 5.27. The maximum atomic E-state index is 11.9. The molecule has 0 spiro atoms. The molecule has 0 atom stereocenters. The molecule has 2 aromatic rings. The lowest BCUT2D eigenvalue weighted by Gasteiger charge is -2.31. The van der Waals surface area contributed by atoms with Crippen molar-refractivity contribution in [1.29, 1.82) is 0 Å². The van der Waals surface area contributed by atoms with Crippen LogP contribution in [0.3, 0.4) is 0 Å². The highest BCUT2D eigenvalue weighted by Crippen LogP contribution is 2.27. The Labute approximate surface area is 153 Å². The van der Waals surface area contributed by atoms with Gasteiger partial charge in [-0.05, 0) is 71.6 Å². The monoisotopic (exact) mass is 361 g/mol. The molecule has 1 heterocycles. The van der Waals surface area contributed by atoms with Gasteiger partial charge in [0.1, 0.15) is 5.60 Å². The molecule has 1 aliphatic carbocycles. The van der Waals surface area contributed by atoms with Gasteiger partial charge in [0, 0.05) is 17.8 Å². The lowest BCUT2D eigenvalue weighted by atomic mass is 9.91. The Balaban J connectivity index is 1.49. The number of carbonyl (C=O) groups excluding carboxylic acids is 1. The van der Waals surface area contributed by atoms with E-state index < -0.39 is 5.60 Å². The van der Waals surface area contributed by atoms with Gasteiger partial charge in [-0.2, -0.15) is 0 Å². The predicted octanol–water partition coefficient (Wildman–Crippen LogP) is 4.85. The highest BCUT2D eigenvalue weighted by atomic mass is 32.1. The van der Waals surface area contributed by atoms with Gasteiger partial charge in [-0.25, -0.2) is 9.78 Å². The van der Waals surface area contributed by atoms with Gasteiger partial charge >= 0.3 is 6.09 Å². The molecular formula is C19H27N3O2S. The Hall–Kier alpha value is -1.82. The van der Waals surface area contributed by atoms with Crippen LogP contribution in [-0.2, 0) is 4.74 Å². The van der Waals surface area contributed by atoms with Crippen molar-refractivity contribution < 1.29 is 9.53 Å². The van der Waals surface area contributed by atoms with Gasteiger partial charge in [-0.1, -0.05) is 0 Å². The number of hydrogen-bond acceptors (Lipinski definition) is 5. The zero-order chi connectivity index (χ0) is 18.0. The van der Waals surface area contributed by atoms with E-state index in [1.807, 2.05) is 27.7 Å². The van der Waals surface area contributed by atoms with Crippen molar-refractivity contribution >= 4 is 33.3 Å². The van der Waals surface area contributed by atoms with Gasteiger partial charge in [-0.3, -0.25) is 0 Å². The van der Waals surface area contributed by atoms with E-state index in [-0.39, 0.29) is 12.1 Å². The molecule has 3 rings (SSSR count). The molecule has 5 nitrogen and oxygen atoms in total. The van der Waals surface area contributed by atoms with Gasteiger partial charge < -0.3 is 15.4 Å². The minimum absolute atomic E-state index is 0.205. The smallest absolute Gasteiger partial charge is 0.407 e. The molecule has 0 bridgehead atoms. The summed E-state index contributed by atoms with van der Waals surface area (Å²) in [6, 6.07) is 7.04. The van der Waals surface area contributed by atoms with Crippen molar-refractivity contribution in [3.63, 3.8) is 0 Å². The Morgan fingerprint density at radius 2 is 1.88 bits per heavy atom. The molecule has 1 saturated carbocycles. The Kier molecular flexibility index (Phi) is 5.18. The molecule has 1 fully saturated rings. The minimum Gasteiger partial charge on any atom is -0.444 e. The topological polar surface area (TPSA) is 63.2 Å². The van der Waals surface area contributed by atoms with E-state index in [0.29, 0.717) is 6.04 Å². The molecule has 1 amide bonds. The molecule has 0 radical (unpaired) electrons. The van der Waals surface area contributed by atoms with Crippen LogP contribution in [0.15, 0.2) is 18.2 Å². The molecule has 25 heavy (non-hydrogen) atoms. The maximum Gasteiger partial charge on any atom is 0.407 e. The largest absolute Gasteiger partial charge is 0.444 e. The molecule has 0 aliphatic heterocycles. The number of rotatable bonds is 3. The van der Waals surface area contributed by atoms with Crippen LogP contribution >= 0.6 is 11.3 Å². The van der Waals surface area contributed by atoms with Crippen molar-refractivity contribution in [3.8, 4) is 0 Å². The van der Waals surface area contributed by atoms with Crippen LogP contribution in [-0.4, -0.2) is 28.8 Å². The fourth-order valence-electron chi connectivity index (χ4n) is 3.22. The molecule has 1 aromatic carbocycles. The van der Waals surface area contributed by atoms with Crippen LogP contribution in [0.2, 0.25) is 0 Å². The molecule has 1 aliphatic rings. The van der Waals surface area contributed by atoms with Gasteiger partial charge in [0.2, 0.25) is 0 Å². The summed E-state index contributed by atoms with van der Waals surface area (Å²) in [5, 5.41) is 7.70. The third kappa shape index (κ3) is 5.08. The van der Waals surface area contributed by atoms with Gasteiger partial charge in [0.05, 0.1) is 15.2 Å². The minimum atomic E-state index is -0.449. The zero-order valence-corrected chi connectivity index (χ0v) is 16.2. The van der Waals surface area contributed by atoms with Gasteiger partial charge in [-0.15, -0.1) is 11.3 Å². The summed E-state index contributed by atoms with van der Waals surface area (Å²) < 4.78 is 6.56. The van der Waals surface area contributed by atoms with E-state index in [9.17, 15) is 4.79 Å². The fourth-order valence-corrected chi connectivity index (χ4v) is 4.03. The second-order valence-electron chi connectivity index (χ2n) is 7.75. The summed E-state index contributed by atoms with van der Waals surface area (Å²) in [6.07, 6.45) is 3.70. The molecular weight excluding hydrogens is 334 g/mol. The number of thiazole rings is 1. The first kappa shape index (κ1) is 18.0. The predicted molar refractivity (Wildman–Crippen MR) is 103 cm³/mol. The number of carbonyl (C=O) groups is 1.